The van der Waals surface area contributed by atoms with Crippen molar-refractivity contribution in [1.82, 2.24) is 0 Å². The van der Waals surface area contributed by atoms with E-state index in [-0.39, 0.29) is 29.6 Å². The third-order valence-electron chi connectivity index (χ3n) is 0.354. The van der Waals surface area contributed by atoms with E-state index in [1.165, 1.54) is 0 Å². The van der Waals surface area contributed by atoms with Gasteiger partial charge < -0.3 is 29.6 Å². The van der Waals surface area contributed by atoms with Crippen molar-refractivity contribution in [3.63, 3.8) is 0 Å². The fourth-order valence-corrected chi connectivity index (χ4v) is 0.259. The zero-order valence-electron chi connectivity index (χ0n) is 5.07. The molecule has 0 aromatic rings. The van der Waals surface area contributed by atoms with Crippen LogP contribution in [0.2, 0.25) is 0 Å². The fourth-order valence-electron chi connectivity index (χ4n) is 0.141. The average Bonchev–Trinajstić information content (AvgIpc) is 1.59. The summed E-state index contributed by atoms with van der Waals surface area (Å²) in [5.41, 5.74) is 0. The largest absolute Gasteiger partial charge is 1.00 e. The van der Waals surface area contributed by atoms with E-state index in [4.69, 9.17) is 0 Å². The molecule has 0 fully saturated rings. The van der Waals surface area contributed by atoms with E-state index in [1.54, 1.807) is 0 Å². The SMILES string of the molecule is FC(F)(F)COC(=S)[S-].[Na+]. The molecule has 0 saturated carbocycles. The minimum atomic E-state index is -4.34. The number of hydrogen-bond acceptors (Lipinski definition) is 3. The molecule has 0 amide bonds. The molecule has 0 saturated heterocycles. The van der Waals surface area contributed by atoms with E-state index < -0.39 is 17.2 Å². The molecule has 0 rings (SSSR count). The Kier molecular flexibility index (Phi) is 7.47. The molecule has 7 heteroatoms. The topological polar surface area (TPSA) is 9.23 Å². The Morgan fingerprint density at radius 1 is 1.50 bits per heavy atom. The maximum atomic E-state index is 11.2. The number of ether oxygens (including phenoxy) is 1. The summed E-state index contributed by atoms with van der Waals surface area (Å²) in [5, 5.41) is 0. The minimum Gasteiger partial charge on any atom is -0.504 e. The molecule has 0 heterocycles. The van der Waals surface area contributed by atoms with Gasteiger partial charge in [-0.15, -0.1) is 0 Å². The van der Waals surface area contributed by atoms with Crippen LogP contribution in [0, 0.1) is 0 Å². The van der Waals surface area contributed by atoms with Crippen LogP contribution < -0.4 is 29.6 Å². The number of hydrogen-bond donors (Lipinski definition) is 0. The smallest absolute Gasteiger partial charge is 0.504 e. The van der Waals surface area contributed by atoms with Crippen molar-refractivity contribution in [2.75, 3.05) is 6.61 Å². The van der Waals surface area contributed by atoms with Crippen LogP contribution in [0.3, 0.4) is 0 Å². The maximum Gasteiger partial charge on any atom is 1.00 e. The van der Waals surface area contributed by atoms with E-state index in [0.29, 0.717) is 0 Å². The summed E-state index contributed by atoms with van der Waals surface area (Å²) < 4.78 is 36.9. The Labute approximate surface area is 89.0 Å². The van der Waals surface area contributed by atoms with Crippen LogP contribution in [0.4, 0.5) is 13.2 Å². The number of halogens is 3. The summed E-state index contributed by atoms with van der Waals surface area (Å²) >= 11 is 8.11. The van der Waals surface area contributed by atoms with Crippen LogP contribution in [0.25, 0.3) is 0 Å². The van der Waals surface area contributed by atoms with Gasteiger partial charge in [0.05, 0.1) is 0 Å². The van der Waals surface area contributed by atoms with Crippen LogP contribution in [-0.4, -0.2) is 17.2 Å². The second-order valence-corrected chi connectivity index (χ2v) is 2.15. The van der Waals surface area contributed by atoms with Gasteiger partial charge in [0, 0.05) is 4.38 Å². The van der Waals surface area contributed by atoms with Gasteiger partial charge in [-0.1, -0.05) is 0 Å². The summed E-state index contributed by atoms with van der Waals surface area (Å²) in [6.45, 7) is -1.39. The van der Waals surface area contributed by atoms with Crippen molar-refractivity contribution >= 4 is 29.2 Å². The maximum absolute atomic E-state index is 11.2. The standard InChI is InChI=1S/C3H3F3OS2.Na/c4-3(5,6)1-7-2(8)9;/h1H2,(H,8,9);/q;+1/p-1. The first kappa shape index (κ1) is 13.5. The van der Waals surface area contributed by atoms with Crippen molar-refractivity contribution in [3.05, 3.63) is 0 Å². The molecule has 0 atom stereocenters. The molecule has 54 valence electrons. The Bertz CT molecular complexity index is 115. The Morgan fingerprint density at radius 3 is 2.00 bits per heavy atom. The molecule has 10 heavy (non-hydrogen) atoms. The Morgan fingerprint density at radius 2 is 1.90 bits per heavy atom. The molecule has 0 aromatic carbocycles. The Hall–Kier alpha value is 0.900. The first-order valence-electron chi connectivity index (χ1n) is 1.82. The second-order valence-electron chi connectivity index (χ2n) is 1.15. The second kappa shape index (κ2) is 5.54. The zero-order chi connectivity index (χ0) is 7.49. The van der Waals surface area contributed by atoms with Gasteiger partial charge in [0.15, 0.2) is 6.61 Å². The van der Waals surface area contributed by atoms with Gasteiger partial charge in [-0.05, 0) is 0 Å². The summed E-state index contributed by atoms with van der Waals surface area (Å²) in [6, 6.07) is 0. The van der Waals surface area contributed by atoms with E-state index in [1.807, 2.05) is 0 Å². The van der Waals surface area contributed by atoms with E-state index in [2.05, 4.69) is 29.6 Å². The van der Waals surface area contributed by atoms with Gasteiger partial charge in [0.1, 0.15) is 0 Å². The van der Waals surface area contributed by atoms with Crippen molar-refractivity contribution in [1.29, 1.82) is 0 Å². The minimum absolute atomic E-state index is 0. The number of rotatable bonds is 1. The average molecular weight is 198 g/mol. The third-order valence-corrected chi connectivity index (χ3v) is 0.589. The van der Waals surface area contributed by atoms with E-state index in [9.17, 15) is 13.2 Å². The van der Waals surface area contributed by atoms with Crippen molar-refractivity contribution in [3.8, 4) is 0 Å². The number of thiocarbonyl (C=S) groups is 1. The molecule has 0 unspecified atom stereocenters. The molecular formula is C3H2F3NaOS2. The molecule has 0 aliphatic carbocycles. The molecular weight excluding hydrogens is 196 g/mol. The predicted molar refractivity (Wildman–Crippen MR) is 32.0 cm³/mol. The molecule has 0 radical (unpaired) electrons. The van der Waals surface area contributed by atoms with Crippen LogP contribution in [0.15, 0.2) is 0 Å². The van der Waals surface area contributed by atoms with Crippen molar-refractivity contribution in [2.24, 2.45) is 0 Å². The van der Waals surface area contributed by atoms with Crippen molar-refractivity contribution in [2.45, 2.75) is 6.18 Å². The number of alkyl halides is 3. The summed E-state index contributed by atoms with van der Waals surface area (Å²) in [6.07, 6.45) is -4.34. The zero-order valence-corrected chi connectivity index (χ0v) is 8.70. The van der Waals surface area contributed by atoms with Gasteiger partial charge in [-0.2, -0.15) is 13.2 Å². The van der Waals surface area contributed by atoms with Crippen molar-refractivity contribution < 1.29 is 47.5 Å². The van der Waals surface area contributed by atoms with Gasteiger partial charge in [0.2, 0.25) is 0 Å². The van der Waals surface area contributed by atoms with Gasteiger partial charge >= 0.3 is 35.7 Å². The monoisotopic (exact) mass is 198 g/mol. The third kappa shape index (κ3) is 11.7. The van der Waals surface area contributed by atoms with Crippen LogP contribution in [-0.2, 0) is 17.4 Å². The van der Waals surface area contributed by atoms with E-state index >= 15 is 0 Å². The van der Waals surface area contributed by atoms with Crippen LogP contribution in [0.1, 0.15) is 0 Å². The Balaban J connectivity index is 0. The van der Waals surface area contributed by atoms with Gasteiger partial charge in [-0.3, -0.25) is 0 Å². The molecule has 0 spiro atoms. The van der Waals surface area contributed by atoms with E-state index in [0.717, 1.165) is 0 Å². The molecule has 1 nitrogen and oxygen atoms in total. The summed E-state index contributed by atoms with van der Waals surface area (Å²) in [5.74, 6) is 0. The quantitative estimate of drug-likeness (QED) is 0.285. The first-order valence-corrected chi connectivity index (χ1v) is 2.64. The van der Waals surface area contributed by atoms with Crippen LogP contribution >= 0.6 is 12.2 Å². The predicted octanol–water partition coefficient (Wildman–Crippen LogP) is -1.60. The molecule has 0 N–H and O–H groups in total. The summed E-state index contributed by atoms with van der Waals surface area (Å²) in [7, 11) is 0. The van der Waals surface area contributed by atoms with Crippen LogP contribution in [0.5, 0.6) is 0 Å². The summed E-state index contributed by atoms with van der Waals surface area (Å²) in [4.78, 5) is 0. The molecule has 0 aliphatic rings. The molecule has 0 aromatic heterocycles. The van der Waals surface area contributed by atoms with Gasteiger partial charge in [-0.25, -0.2) is 0 Å². The molecule has 0 aliphatic heterocycles. The van der Waals surface area contributed by atoms with Gasteiger partial charge in [0.25, 0.3) is 0 Å². The normalized spacial score (nSPS) is 9.90. The fraction of sp³-hybridized carbons (Fsp3) is 0.667. The molecule has 0 bridgehead atoms. The first-order chi connectivity index (χ1) is 3.92.